The second kappa shape index (κ2) is 9.01. The zero-order chi connectivity index (χ0) is 18.4. The molecule has 140 valence electrons. The lowest BCUT2D eigenvalue weighted by atomic mass is 9.90. The molecule has 2 atom stereocenters. The quantitative estimate of drug-likeness (QED) is 0.788. The van der Waals surface area contributed by atoms with Gasteiger partial charge >= 0.3 is 0 Å². The maximum Gasteiger partial charge on any atom is 0.161 e. The summed E-state index contributed by atoms with van der Waals surface area (Å²) < 4.78 is 11.4. The fraction of sp³-hybridized carbons (Fsp3) is 0.476. The highest BCUT2D eigenvalue weighted by Crippen LogP contribution is 2.34. The Morgan fingerprint density at radius 1 is 1.04 bits per heavy atom. The number of rotatable bonds is 8. The van der Waals surface area contributed by atoms with Gasteiger partial charge in [-0.15, -0.1) is 0 Å². The van der Waals surface area contributed by atoms with Crippen LogP contribution >= 0.6 is 0 Å². The van der Waals surface area contributed by atoms with Gasteiger partial charge in [0, 0.05) is 50.5 Å². The minimum Gasteiger partial charge on any atom is -0.490 e. The monoisotopic (exact) mass is 356 g/mol. The van der Waals surface area contributed by atoms with Crippen molar-refractivity contribution in [1.29, 1.82) is 0 Å². The molecular formula is C21H28N2O3. The van der Waals surface area contributed by atoms with Gasteiger partial charge in [0.15, 0.2) is 11.5 Å². The highest BCUT2D eigenvalue weighted by atomic mass is 16.5. The van der Waals surface area contributed by atoms with E-state index in [9.17, 15) is 5.11 Å². The molecule has 1 aromatic carbocycles. The van der Waals surface area contributed by atoms with E-state index in [1.54, 1.807) is 0 Å². The molecule has 5 nitrogen and oxygen atoms in total. The third-order valence-electron chi connectivity index (χ3n) is 4.90. The highest BCUT2D eigenvalue weighted by molar-refractivity contribution is 5.43. The van der Waals surface area contributed by atoms with Crippen LogP contribution in [0.5, 0.6) is 11.5 Å². The second-order valence-electron chi connectivity index (χ2n) is 6.67. The fourth-order valence-corrected chi connectivity index (χ4v) is 3.72. The number of pyridine rings is 1. The summed E-state index contributed by atoms with van der Waals surface area (Å²) in [5.41, 5.74) is 2.45. The molecule has 2 aromatic rings. The van der Waals surface area contributed by atoms with Crippen molar-refractivity contribution in [2.24, 2.45) is 5.92 Å². The van der Waals surface area contributed by atoms with Crippen molar-refractivity contribution >= 4 is 0 Å². The van der Waals surface area contributed by atoms with Gasteiger partial charge in [-0.05, 0) is 49.2 Å². The first kappa shape index (κ1) is 18.7. The SMILES string of the molecule is CCOc1ccc(CN2CC(CO)C(c3ccncc3)C2)cc1OCC. The van der Waals surface area contributed by atoms with Crippen molar-refractivity contribution < 1.29 is 14.6 Å². The van der Waals surface area contributed by atoms with Gasteiger partial charge in [0.05, 0.1) is 13.2 Å². The number of benzene rings is 1. The van der Waals surface area contributed by atoms with Crippen LogP contribution in [0.15, 0.2) is 42.7 Å². The van der Waals surface area contributed by atoms with Crippen LogP contribution in [-0.4, -0.2) is 47.9 Å². The highest BCUT2D eigenvalue weighted by Gasteiger charge is 2.33. The third kappa shape index (κ3) is 4.34. The topological polar surface area (TPSA) is 54.8 Å². The van der Waals surface area contributed by atoms with E-state index < -0.39 is 0 Å². The molecule has 1 aromatic heterocycles. The smallest absolute Gasteiger partial charge is 0.161 e. The van der Waals surface area contributed by atoms with Crippen LogP contribution in [0.2, 0.25) is 0 Å². The number of ether oxygens (including phenoxy) is 2. The molecule has 0 amide bonds. The van der Waals surface area contributed by atoms with Crippen LogP contribution in [0, 0.1) is 5.92 Å². The molecule has 3 rings (SSSR count). The molecule has 1 N–H and O–H groups in total. The molecule has 2 unspecified atom stereocenters. The van der Waals surface area contributed by atoms with Crippen LogP contribution < -0.4 is 9.47 Å². The minimum absolute atomic E-state index is 0.205. The summed E-state index contributed by atoms with van der Waals surface area (Å²) >= 11 is 0. The molecule has 5 heteroatoms. The molecule has 0 saturated carbocycles. The molecule has 1 aliphatic rings. The number of likely N-dealkylation sites (tertiary alicyclic amines) is 1. The van der Waals surface area contributed by atoms with E-state index in [4.69, 9.17) is 9.47 Å². The lowest BCUT2D eigenvalue weighted by Crippen LogP contribution is -2.21. The lowest BCUT2D eigenvalue weighted by molar-refractivity contribution is 0.213. The van der Waals surface area contributed by atoms with E-state index in [0.717, 1.165) is 31.1 Å². The number of hydrogen-bond acceptors (Lipinski definition) is 5. The molecule has 0 radical (unpaired) electrons. The predicted octanol–water partition coefficient (Wildman–Crippen LogP) is 3.09. The number of aliphatic hydroxyl groups excluding tert-OH is 1. The summed E-state index contributed by atoms with van der Waals surface area (Å²) in [7, 11) is 0. The Balaban J connectivity index is 1.72. The van der Waals surface area contributed by atoms with Crippen molar-refractivity contribution in [3.63, 3.8) is 0 Å². The standard InChI is InChI=1S/C21H28N2O3/c1-3-25-20-6-5-16(11-21(20)26-4-2)12-23-13-18(15-24)19(14-23)17-7-9-22-10-8-17/h5-11,18-19,24H,3-4,12-15H2,1-2H3. The summed E-state index contributed by atoms with van der Waals surface area (Å²) in [6.45, 7) is 8.06. The van der Waals surface area contributed by atoms with Crippen molar-refractivity contribution in [3.05, 3.63) is 53.9 Å². The van der Waals surface area contributed by atoms with Gasteiger partial charge in [-0.25, -0.2) is 0 Å². The van der Waals surface area contributed by atoms with Gasteiger partial charge in [0.2, 0.25) is 0 Å². The Labute approximate surface area is 155 Å². The summed E-state index contributed by atoms with van der Waals surface area (Å²) in [6.07, 6.45) is 3.65. The number of nitrogens with zero attached hydrogens (tertiary/aromatic N) is 2. The first-order chi connectivity index (χ1) is 12.7. The Kier molecular flexibility index (Phi) is 6.47. The molecule has 1 fully saturated rings. The molecule has 0 bridgehead atoms. The van der Waals surface area contributed by atoms with Gasteiger partial charge in [-0.3, -0.25) is 9.88 Å². The van der Waals surface area contributed by atoms with Crippen LogP contribution in [0.4, 0.5) is 0 Å². The molecule has 1 saturated heterocycles. The zero-order valence-electron chi connectivity index (χ0n) is 15.6. The number of aliphatic hydroxyl groups is 1. The van der Waals surface area contributed by atoms with Gasteiger partial charge in [0.25, 0.3) is 0 Å². The molecule has 1 aliphatic heterocycles. The van der Waals surface area contributed by atoms with E-state index in [1.807, 2.05) is 32.3 Å². The van der Waals surface area contributed by atoms with Gasteiger partial charge in [-0.2, -0.15) is 0 Å². The van der Waals surface area contributed by atoms with Gasteiger partial charge in [-0.1, -0.05) is 6.07 Å². The van der Waals surface area contributed by atoms with E-state index >= 15 is 0 Å². The van der Waals surface area contributed by atoms with Crippen LogP contribution in [-0.2, 0) is 6.54 Å². The second-order valence-corrected chi connectivity index (χ2v) is 6.67. The summed E-state index contributed by atoms with van der Waals surface area (Å²) in [6, 6.07) is 10.3. The first-order valence-corrected chi connectivity index (χ1v) is 9.36. The summed E-state index contributed by atoms with van der Waals surface area (Å²) in [5, 5.41) is 9.81. The van der Waals surface area contributed by atoms with E-state index in [1.165, 1.54) is 11.1 Å². The average molecular weight is 356 g/mol. The van der Waals surface area contributed by atoms with E-state index in [0.29, 0.717) is 19.1 Å². The normalized spacial score (nSPS) is 20.3. The molecule has 2 heterocycles. The Hall–Kier alpha value is -2.11. The maximum absolute atomic E-state index is 9.81. The zero-order valence-corrected chi connectivity index (χ0v) is 15.6. The maximum atomic E-state index is 9.81. The molecular weight excluding hydrogens is 328 g/mol. The Bertz CT molecular complexity index is 693. The minimum atomic E-state index is 0.205. The summed E-state index contributed by atoms with van der Waals surface area (Å²) in [5.74, 6) is 2.20. The van der Waals surface area contributed by atoms with E-state index in [2.05, 4.69) is 34.1 Å². The average Bonchev–Trinajstić information content (AvgIpc) is 3.08. The summed E-state index contributed by atoms with van der Waals surface area (Å²) in [4.78, 5) is 6.50. The number of hydrogen-bond donors (Lipinski definition) is 1. The Morgan fingerprint density at radius 2 is 1.77 bits per heavy atom. The molecule has 0 spiro atoms. The van der Waals surface area contributed by atoms with Gasteiger partial charge in [0.1, 0.15) is 0 Å². The lowest BCUT2D eigenvalue weighted by Gasteiger charge is -2.18. The first-order valence-electron chi connectivity index (χ1n) is 9.36. The third-order valence-corrected chi connectivity index (χ3v) is 4.90. The van der Waals surface area contributed by atoms with Crippen LogP contribution in [0.1, 0.15) is 30.9 Å². The van der Waals surface area contributed by atoms with Crippen molar-refractivity contribution in [1.82, 2.24) is 9.88 Å². The largest absolute Gasteiger partial charge is 0.490 e. The van der Waals surface area contributed by atoms with Crippen molar-refractivity contribution in [2.45, 2.75) is 26.3 Å². The van der Waals surface area contributed by atoms with Crippen molar-refractivity contribution in [2.75, 3.05) is 32.9 Å². The van der Waals surface area contributed by atoms with E-state index in [-0.39, 0.29) is 12.5 Å². The Morgan fingerprint density at radius 3 is 2.46 bits per heavy atom. The van der Waals surface area contributed by atoms with Crippen molar-refractivity contribution in [3.8, 4) is 11.5 Å². The molecule has 0 aliphatic carbocycles. The number of aromatic nitrogens is 1. The molecule has 26 heavy (non-hydrogen) atoms. The van der Waals surface area contributed by atoms with Crippen LogP contribution in [0.25, 0.3) is 0 Å². The predicted molar refractivity (Wildman–Crippen MR) is 102 cm³/mol. The van der Waals surface area contributed by atoms with Crippen LogP contribution in [0.3, 0.4) is 0 Å². The van der Waals surface area contributed by atoms with Gasteiger partial charge < -0.3 is 14.6 Å². The fourth-order valence-electron chi connectivity index (χ4n) is 3.72.